The maximum atomic E-state index is 13.1. The van der Waals surface area contributed by atoms with Gasteiger partial charge in [-0.25, -0.2) is 0 Å². The van der Waals surface area contributed by atoms with Crippen molar-refractivity contribution in [3.8, 4) is 29.1 Å². The van der Waals surface area contributed by atoms with Gasteiger partial charge in [0.25, 0.3) is 11.8 Å². The number of likely N-dealkylation sites (N-methyl/N-ethyl adjacent to an activating group) is 1. The fourth-order valence-corrected chi connectivity index (χ4v) is 3.64. The number of pyridine rings is 1. The van der Waals surface area contributed by atoms with E-state index in [1.165, 1.54) is 17.2 Å². The summed E-state index contributed by atoms with van der Waals surface area (Å²) >= 11 is 0. The number of anilines is 1. The third-order valence-electron chi connectivity index (χ3n) is 5.66. The van der Waals surface area contributed by atoms with E-state index in [1.807, 2.05) is 42.5 Å². The topological polar surface area (TPSA) is 90.0 Å². The molecule has 2 amide bonds. The number of ether oxygens (including phenoxy) is 3. The number of amides is 2. The van der Waals surface area contributed by atoms with Crippen LogP contribution in [0.5, 0.6) is 17.2 Å². The van der Waals surface area contributed by atoms with Crippen LogP contribution < -0.4 is 19.7 Å². The largest absolute Gasteiger partial charge is 0.489 e. The molecule has 1 N–H and O–H groups in total. The first-order valence-electron chi connectivity index (χ1n) is 11.2. The molecule has 2 aliphatic heterocycles. The van der Waals surface area contributed by atoms with Crippen molar-refractivity contribution in [2.45, 2.75) is 6.04 Å². The highest BCUT2D eigenvalue weighted by Crippen LogP contribution is 2.31. The Kier molecular flexibility index (Phi) is 6.33. The number of aromatic nitrogens is 1. The molecule has 1 atom stereocenters. The van der Waals surface area contributed by atoms with Gasteiger partial charge in [-0.1, -0.05) is 30.0 Å². The lowest BCUT2D eigenvalue weighted by Gasteiger charge is -2.21. The number of nitrogens with zero attached hydrogens (tertiary/aromatic N) is 2. The predicted octanol–water partition coefficient (Wildman–Crippen LogP) is 3.03. The molecule has 0 bridgehead atoms. The van der Waals surface area contributed by atoms with E-state index >= 15 is 0 Å². The molecule has 0 spiro atoms. The van der Waals surface area contributed by atoms with Crippen molar-refractivity contribution >= 4 is 17.5 Å². The Balaban J connectivity index is 1.28. The van der Waals surface area contributed by atoms with Gasteiger partial charge < -0.3 is 24.4 Å². The fraction of sp³-hybridized carbons (Fsp3) is 0.222. The van der Waals surface area contributed by atoms with Crippen LogP contribution in [0.3, 0.4) is 0 Å². The van der Waals surface area contributed by atoms with Crippen molar-refractivity contribution in [1.29, 1.82) is 0 Å². The summed E-state index contributed by atoms with van der Waals surface area (Å²) in [5, 5.41) is 2.74. The second-order valence-electron chi connectivity index (χ2n) is 8.21. The molecule has 2 aromatic carbocycles. The van der Waals surface area contributed by atoms with Crippen LogP contribution in [-0.2, 0) is 9.53 Å². The molecular weight excluding hydrogens is 446 g/mol. The second kappa shape index (κ2) is 9.87. The number of para-hydroxylation sites is 1. The van der Waals surface area contributed by atoms with E-state index in [-0.39, 0.29) is 24.1 Å². The maximum Gasteiger partial charge on any atom is 0.270 e. The maximum absolute atomic E-state index is 13.1. The molecule has 8 heteroatoms. The van der Waals surface area contributed by atoms with Crippen LogP contribution in [0.4, 0.5) is 5.69 Å². The van der Waals surface area contributed by atoms with Crippen molar-refractivity contribution in [2.24, 2.45) is 5.92 Å². The van der Waals surface area contributed by atoms with Crippen molar-refractivity contribution in [3.63, 3.8) is 0 Å². The minimum atomic E-state index is -0.887. The number of rotatable bonds is 4. The van der Waals surface area contributed by atoms with Crippen molar-refractivity contribution in [3.05, 3.63) is 78.1 Å². The number of benzene rings is 2. The van der Waals surface area contributed by atoms with Crippen molar-refractivity contribution in [1.82, 2.24) is 10.3 Å². The first-order valence-corrected chi connectivity index (χ1v) is 11.2. The van der Waals surface area contributed by atoms with E-state index in [4.69, 9.17) is 14.2 Å². The third kappa shape index (κ3) is 5.10. The SMILES string of the molecule is CN1C(=O)[C@@H](NC(=O)c2cc(Oc3ccccc3)ccn2)COc2ccc(C#CC3COC3)cc21. The van der Waals surface area contributed by atoms with Crippen LogP contribution in [0.15, 0.2) is 66.9 Å². The average molecular weight is 469 g/mol. The summed E-state index contributed by atoms with van der Waals surface area (Å²) in [6.07, 6.45) is 1.48. The summed E-state index contributed by atoms with van der Waals surface area (Å²) in [7, 11) is 1.65. The summed E-state index contributed by atoms with van der Waals surface area (Å²) in [4.78, 5) is 31.7. The van der Waals surface area contributed by atoms with Crippen LogP contribution >= 0.6 is 0 Å². The number of hydrogen-bond donors (Lipinski definition) is 1. The van der Waals surface area contributed by atoms with Gasteiger partial charge in [-0.3, -0.25) is 14.6 Å². The Morgan fingerprint density at radius 2 is 1.91 bits per heavy atom. The van der Waals surface area contributed by atoms with E-state index in [9.17, 15) is 9.59 Å². The molecule has 1 saturated heterocycles. The zero-order valence-electron chi connectivity index (χ0n) is 19.1. The first kappa shape index (κ1) is 22.4. The highest BCUT2D eigenvalue weighted by atomic mass is 16.5. The van der Waals surface area contributed by atoms with E-state index in [2.05, 4.69) is 22.1 Å². The van der Waals surface area contributed by atoms with Gasteiger partial charge in [0.2, 0.25) is 0 Å². The van der Waals surface area contributed by atoms with Crippen molar-refractivity contribution in [2.75, 3.05) is 31.8 Å². The molecule has 1 fully saturated rings. The molecule has 0 unspecified atom stereocenters. The van der Waals surface area contributed by atoms with Gasteiger partial charge in [-0.05, 0) is 36.4 Å². The molecule has 3 heterocycles. The molecular formula is C27H23N3O5. The molecule has 5 rings (SSSR count). The monoisotopic (exact) mass is 469 g/mol. The predicted molar refractivity (Wildman–Crippen MR) is 129 cm³/mol. The van der Waals surface area contributed by atoms with Crippen LogP contribution in [0, 0.1) is 17.8 Å². The van der Waals surface area contributed by atoms with Gasteiger partial charge in [-0.15, -0.1) is 0 Å². The van der Waals surface area contributed by atoms with Gasteiger partial charge in [0.05, 0.1) is 24.8 Å². The van der Waals surface area contributed by atoms with Gasteiger partial charge in [0.1, 0.15) is 35.6 Å². The van der Waals surface area contributed by atoms with Gasteiger partial charge in [0.15, 0.2) is 0 Å². The standard InChI is InChI=1S/C27H23N3O5/c1-30-24-13-18(7-8-19-15-33-16-19)9-10-25(24)34-17-23(27(30)32)29-26(31)22-14-21(11-12-28-22)35-20-5-3-2-4-6-20/h2-6,9-14,19,23H,15-17H2,1H3,(H,29,31)/t23-/m0/s1. The molecule has 8 nitrogen and oxygen atoms in total. The number of fused-ring (bicyclic) bond motifs is 1. The van der Waals surface area contributed by atoms with Crippen LogP contribution in [-0.4, -0.2) is 49.7 Å². The number of carbonyl (C=O) groups excluding carboxylic acids is 2. The Morgan fingerprint density at radius 3 is 2.69 bits per heavy atom. The summed E-state index contributed by atoms with van der Waals surface area (Å²) in [5.41, 5.74) is 1.51. The van der Waals surface area contributed by atoms with Crippen LogP contribution in [0.25, 0.3) is 0 Å². The molecule has 3 aromatic rings. The Bertz CT molecular complexity index is 1310. The molecule has 2 aliphatic rings. The average Bonchev–Trinajstić information content (AvgIpc) is 2.96. The van der Waals surface area contributed by atoms with Crippen LogP contribution in [0.1, 0.15) is 16.1 Å². The highest BCUT2D eigenvalue weighted by Gasteiger charge is 2.31. The molecule has 1 aromatic heterocycles. The summed E-state index contributed by atoms with van der Waals surface area (Å²) < 4.78 is 16.8. The van der Waals surface area contributed by atoms with Gasteiger partial charge in [-0.2, -0.15) is 0 Å². The molecule has 0 aliphatic carbocycles. The normalized spacial score (nSPS) is 17.1. The summed E-state index contributed by atoms with van der Waals surface area (Å²) in [6, 6.07) is 17.0. The smallest absolute Gasteiger partial charge is 0.270 e. The van der Waals surface area contributed by atoms with Gasteiger partial charge >= 0.3 is 0 Å². The van der Waals surface area contributed by atoms with Gasteiger partial charge in [0, 0.05) is 24.9 Å². The van der Waals surface area contributed by atoms with E-state index < -0.39 is 11.9 Å². The third-order valence-corrected chi connectivity index (χ3v) is 5.66. The molecule has 0 saturated carbocycles. The fourth-order valence-electron chi connectivity index (χ4n) is 3.64. The second-order valence-corrected chi connectivity index (χ2v) is 8.21. The first-order chi connectivity index (χ1) is 17.1. The molecule has 35 heavy (non-hydrogen) atoms. The van der Waals surface area contributed by atoms with E-state index in [0.717, 1.165) is 5.56 Å². The lowest BCUT2D eigenvalue weighted by molar-refractivity contribution is -0.120. The Morgan fingerprint density at radius 1 is 1.09 bits per heavy atom. The highest BCUT2D eigenvalue weighted by molar-refractivity contribution is 6.03. The Hall–Kier alpha value is -4.35. The minimum absolute atomic E-state index is 0.00738. The minimum Gasteiger partial charge on any atom is -0.489 e. The molecule has 176 valence electrons. The number of nitrogens with one attached hydrogen (secondary N) is 1. The molecule has 0 radical (unpaired) electrons. The zero-order valence-corrected chi connectivity index (χ0v) is 19.1. The lowest BCUT2D eigenvalue weighted by Crippen LogP contribution is -2.49. The zero-order chi connectivity index (χ0) is 24.2. The van der Waals surface area contributed by atoms with E-state index in [0.29, 0.717) is 36.1 Å². The summed E-state index contributed by atoms with van der Waals surface area (Å²) in [5.74, 6) is 7.39. The van der Waals surface area contributed by atoms with E-state index in [1.54, 1.807) is 19.2 Å². The summed E-state index contributed by atoms with van der Waals surface area (Å²) in [6.45, 7) is 1.29. The Labute approximate surface area is 202 Å². The lowest BCUT2D eigenvalue weighted by atomic mass is 10.1. The number of hydrogen-bond acceptors (Lipinski definition) is 6. The number of carbonyl (C=O) groups is 2. The quantitative estimate of drug-likeness (QED) is 0.591. The van der Waals surface area contributed by atoms with Crippen molar-refractivity contribution < 1.29 is 23.8 Å². The van der Waals surface area contributed by atoms with Crippen LogP contribution in [0.2, 0.25) is 0 Å².